The van der Waals surface area contributed by atoms with Crippen LogP contribution in [0.4, 0.5) is 0 Å². The third-order valence-corrected chi connectivity index (χ3v) is 3.90. The maximum Gasteiger partial charge on any atom is 0.229 e. The van der Waals surface area contributed by atoms with E-state index in [-0.39, 0.29) is 5.75 Å². The third kappa shape index (κ3) is 3.10. The van der Waals surface area contributed by atoms with Crippen molar-refractivity contribution < 1.29 is 35.0 Å². The topological polar surface area (TPSA) is 120 Å². The molecule has 0 saturated carbocycles. The molecular weight excluding hydrogens is 304 g/mol. The number of hydrogen-bond donors (Lipinski definition) is 5. The lowest BCUT2D eigenvalue weighted by molar-refractivity contribution is -0.277. The van der Waals surface area contributed by atoms with Crippen LogP contribution in [0.25, 0.3) is 10.8 Å². The van der Waals surface area contributed by atoms with Crippen molar-refractivity contribution in [3.63, 3.8) is 0 Å². The minimum absolute atomic E-state index is 0.113. The SMILES string of the molecule is OC[C@H]1O[C@@H](Oc2ccc3ccc(O)cc3c2)[C@H](O)[C@@H](O)[C@@H]1O. The molecule has 0 spiro atoms. The Bertz CT molecular complexity index is 687. The molecule has 1 heterocycles. The van der Waals surface area contributed by atoms with Gasteiger partial charge in [-0.15, -0.1) is 0 Å². The molecule has 124 valence electrons. The Balaban J connectivity index is 1.83. The molecule has 0 radical (unpaired) electrons. The summed E-state index contributed by atoms with van der Waals surface area (Å²) in [5, 5.41) is 49.7. The van der Waals surface area contributed by atoms with Crippen LogP contribution in [0.15, 0.2) is 36.4 Å². The molecule has 1 aliphatic rings. The maximum absolute atomic E-state index is 9.96. The summed E-state index contributed by atoms with van der Waals surface area (Å²) in [5.41, 5.74) is 0. The second-order valence-corrected chi connectivity index (χ2v) is 5.51. The lowest BCUT2D eigenvalue weighted by Gasteiger charge is -2.39. The fourth-order valence-corrected chi connectivity index (χ4v) is 2.58. The predicted molar refractivity (Wildman–Crippen MR) is 80.0 cm³/mol. The predicted octanol–water partition coefficient (Wildman–Crippen LogP) is -0.276. The quantitative estimate of drug-likeness (QED) is 0.527. The second kappa shape index (κ2) is 6.31. The van der Waals surface area contributed by atoms with Gasteiger partial charge in [0.05, 0.1) is 6.61 Å². The number of ether oxygens (including phenoxy) is 2. The number of phenols is 1. The van der Waals surface area contributed by atoms with Crippen molar-refractivity contribution in [1.29, 1.82) is 0 Å². The third-order valence-electron chi connectivity index (χ3n) is 3.90. The zero-order valence-corrected chi connectivity index (χ0v) is 12.1. The number of hydrogen-bond acceptors (Lipinski definition) is 7. The zero-order valence-electron chi connectivity index (χ0n) is 12.1. The Labute approximate surface area is 131 Å². The standard InChI is InChI=1S/C16H18O7/c17-7-12-13(19)14(20)15(21)16(23-12)22-11-4-2-8-1-3-10(18)5-9(8)6-11/h1-6,12-21H,7H2/t12-,13-,14+,15-,16-/m1/s1. The van der Waals surface area contributed by atoms with Gasteiger partial charge in [0.1, 0.15) is 35.9 Å². The Morgan fingerprint density at radius 1 is 0.913 bits per heavy atom. The van der Waals surface area contributed by atoms with Crippen molar-refractivity contribution in [2.24, 2.45) is 0 Å². The van der Waals surface area contributed by atoms with E-state index in [0.29, 0.717) is 5.75 Å². The number of aliphatic hydroxyl groups is 4. The van der Waals surface area contributed by atoms with Crippen molar-refractivity contribution in [3.05, 3.63) is 36.4 Å². The van der Waals surface area contributed by atoms with Crippen LogP contribution in [0.5, 0.6) is 11.5 Å². The molecule has 0 aliphatic carbocycles. The van der Waals surface area contributed by atoms with E-state index >= 15 is 0 Å². The molecule has 23 heavy (non-hydrogen) atoms. The highest BCUT2D eigenvalue weighted by molar-refractivity contribution is 5.85. The summed E-state index contributed by atoms with van der Waals surface area (Å²) in [6, 6.07) is 9.96. The van der Waals surface area contributed by atoms with Crippen LogP contribution in [0.2, 0.25) is 0 Å². The van der Waals surface area contributed by atoms with Gasteiger partial charge in [-0.05, 0) is 35.0 Å². The Morgan fingerprint density at radius 3 is 2.39 bits per heavy atom. The molecule has 5 N–H and O–H groups in total. The normalized spacial score (nSPS) is 31.2. The minimum atomic E-state index is -1.49. The number of aliphatic hydroxyl groups excluding tert-OH is 4. The van der Waals surface area contributed by atoms with Crippen molar-refractivity contribution in [1.82, 2.24) is 0 Å². The van der Waals surface area contributed by atoms with Crippen molar-refractivity contribution in [2.75, 3.05) is 6.61 Å². The highest BCUT2D eigenvalue weighted by atomic mass is 16.7. The van der Waals surface area contributed by atoms with E-state index in [1.807, 2.05) is 0 Å². The number of rotatable bonds is 3. The van der Waals surface area contributed by atoms with Crippen LogP contribution < -0.4 is 4.74 Å². The molecule has 5 atom stereocenters. The summed E-state index contributed by atoms with van der Waals surface area (Å²) in [6.07, 6.45) is -6.64. The second-order valence-electron chi connectivity index (χ2n) is 5.51. The highest BCUT2D eigenvalue weighted by Crippen LogP contribution is 2.28. The number of fused-ring (bicyclic) bond motifs is 1. The summed E-state index contributed by atoms with van der Waals surface area (Å²) in [5.74, 6) is 0.468. The van der Waals surface area contributed by atoms with E-state index in [4.69, 9.17) is 14.6 Å². The number of aromatic hydroxyl groups is 1. The average Bonchev–Trinajstić information content (AvgIpc) is 2.55. The highest BCUT2D eigenvalue weighted by Gasteiger charge is 2.44. The lowest BCUT2D eigenvalue weighted by Crippen LogP contribution is -2.60. The van der Waals surface area contributed by atoms with Gasteiger partial charge in [-0.2, -0.15) is 0 Å². The Kier molecular flexibility index (Phi) is 4.38. The van der Waals surface area contributed by atoms with Crippen molar-refractivity contribution in [2.45, 2.75) is 30.7 Å². The number of phenolic OH excluding ortho intramolecular Hbond substituents is 1. The van der Waals surface area contributed by atoms with Gasteiger partial charge in [0.2, 0.25) is 6.29 Å². The molecule has 0 bridgehead atoms. The smallest absolute Gasteiger partial charge is 0.229 e. The molecule has 7 nitrogen and oxygen atoms in total. The summed E-state index contributed by atoms with van der Waals surface area (Å²) >= 11 is 0. The zero-order chi connectivity index (χ0) is 16.6. The minimum Gasteiger partial charge on any atom is -0.508 e. The molecule has 2 aromatic carbocycles. The maximum atomic E-state index is 9.96. The van der Waals surface area contributed by atoms with Gasteiger partial charge >= 0.3 is 0 Å². The van der Waals surface area contributed by atoms with Gasteiger partial charge in [0, 0.05) is 0 Å². The van der Waals surface area contributed by atoms with E-state index in [1.54, 1.807) is 36.4 Å². The van der Waals surface area contributed by atoms with E-state index < -0.39 is 37.3 Å². The molecule has 0 aromatic heterocycles. The molecule has 0 amide bonds. The van der Waals surface area contributed by atoms with Gasteiger partial charge in [0.25, 0.3) is 0 Å². The average molecular weight is 322 g/mol. The molecule has 1 aliphatic heterocycles. The molecule has 7 heteroatoms. The molecule has 0 unspecified atom stereocenters. The first-order valence-corrected chi connectivity index (χ1v) is 7.19. The number of benzene rings is 2. The van der Waals surface area contributed by atoms with Crippen LogP contribution >= 0.6 is 0 Å². The first-order chi connectivity index (χ1) is 11.0. The van der Waals surface area contributed by atoms with Crippen LogP contribution in [-0.4, -0.2) is 62.8 Å². The molecule has 1 fully saturated rings. The summed E-state index contributed by atoms with van der Waals surface area (Å²) in [7, 11) is 0. The summed E-state index contributed by atoms with van der Waals surface area (Å²) in [4.78, 5) is 0. The van der Waals surface area contributed by atoms with E-state index in [9.17, 15) is 20.4 Å². The van der Waals surface area contributed by atoms with Gasteiger partial charge < -0.3 is 35.0 Å². The largest absolute Gasteiger partial charge is 0.508 e. The molecule has 1 saturated heterocycles. The van der Waals surface area contributed by atoms with Crippen LogP contribution in [0.1, 0.15) is 0 Å². The summed E-state index contributed by atoms with van der Waals surface area (Å²) in [6.45, 7) is -0.517. The van der Waals surface area contributed by atoms with Crippen LogP contribution in [-0.2, 0) is 4.74 Å². The fourth-order valence-electron chi connectivity index (χ4n) is 2.58. The first-order valence-electron chi connectivity index (χ1n) is 7.19. The fraction of sp³-hybridized carbons (Fsp3) is 0.375. The Morgan fingerprint density at radius 2 is 1.65 bits per heavy atom. The van der Waals surface area contributed by atoms with Crippen molar-refractivity contribution in [3.8, 4) is 11.5 Å². The van der Waals surface area contributed by atoms with E-state index in [1.165, 1.54) is 0 Å². The van der Waals surface area contributed by atoms with Crippen molar-refractivity contribution >= 4 is 10.8 Å². The van der Waals surface area contributed by atoms with Gasteiger partial charge in [0.15, 0.2) is 0 Å². The summed E-state index contributed by atoms with van der Waals surface area (Å²) < 4.78 is 10.8. The monoisotopic (exact) mass is 322 g/mol. The van der Waals surface area contributed by atoms with Gasteiger partial charge in [-0.25, -0.2) is 0 Å². The van der Waals surface area contributed by atoms with E-state index in [2.05, 4.69) is 0 Å². The van der Waals surface area contributed by atoms with E-state index in [0.717, 1.165) is 10.8 Å². The molecule has 2 aromatic rings. The van der Waals surface area contributed by atoms with Gasteiger partial charge in [-0.3, -0.25) is 0 Å². The molecular formula is C16H18O7. The first kappa shape index (κ1) is 16.0. The molecule has 3 rings (SSSR count). The van der Waals surface area contributed by atoms with Gasteiger partial charge in [-0.1, -0.05) is 12.1 Å². The lowest BCUT2D eigenvalue weighted by atomic mass is 9.99. The Hall–Kier alpha value is -1.90. The van der Waals surface area contributed by atoms with Crippen LogP contribution in [0, 0.1) is 0 Å². The van der Waals surface area contributed by atoms with Crippen LogP contribution in [0.3, 0.4) is 0 Å².